The lowest BCUT2D eigenvalue weighted by Gasteiger charge is -2.11. The molecule has 22 heavy (non-hydrogen) atoms. The molecule has 0 fully saturated rings. The van der Waals surface area contributed by atoms with Crippen molar-refractivity contribution < 1.29 is 19.4 Å². The normalized spacial score (nSPS) is 10.3. The van der Waals surface area contributed by atoms with Gasteiger partial charge in [-0.05, 0) is 24.3 Å². The molecule has 0 atom stereocenters. The van der Waals surface area contributed by atoms with Crippen LogP contribution in [-0.2, 0) is 0 Å². The summed E-state index contributed by atoms with van der Waals surface area (Å²) in [6, 6.07) is 15.8. The third-order valence-electron chi connectivity index (χ3n) is 3.52. The molecular weight excluding hydrogens is 276 g/mol. The highest BCUT2D eigenvalue weighted by Crippen LogP contribution is 2.38. The zero-order valence-corrected chi connectivity index (χ0v) is 12.6. The largest absolute Gasteiger partial charge is 0.496 e. The summed E-state index contributed by atoms with van der Waals surface area (Å²) in [6.45, 7) is 0. The second-order valence-electron chi connectivity index (χ2n) is 4.81. The van der Waals surface area contributed by atoms with E-state index in [-0.39, 0.29) is 0 Å². The molecule has 0 bridgehead atoms. The molecule has 3 aromatic rings. The summed E-state index contributed by atoms with van der Waals surface area (Å²) >= 11 is 0. The van der Waals surface area contributed by atoms with Gasteiger partial charge < -0.3 is 9.47 Å². The maximum absolute atomic E-state index is 5.57. The van der Waals surface area contributed by atoms with Gasteiger partial charge in [0.05, 0.1) is 25.3 Å². The Kier molecular flexibility index (Phi) is 4.01. The topological polar surface area (TPSA) is 46.7 Å². The van der Waals surface area contributed by atoms with E-state index in [0.29, 0.717) is 0 Å². The van der Waals surface area contributed by atoms with Crippen LogP contribution in [0.15, 0.2) is 60.9 Å². The number of pyridine rings is 2. The monoisotopic (exact) mass is 294 g/mol. The minimum Gasteiger partial charge on any atom is -0.496 e. The first-order valence-electron chi connectivity index (χ1n) is 7.03. The number of aromatic amines is 2. The molecule has 0 spiro atoms. The lowest BCUT2D eigenvalue weighted by Crippen LogP contribution is -2.08. The summed E-state index contributed by atoms with van der Waals surface area (Å²) < 4.78 is 11.1. The fourth-order valence-corrected chi connectivity index (χ4v) is 2.44. The molecule has 2 heterocycles. The Morgan fingerprint density at radius 2 is 1.14 bits per heavy atom. The zero-order valence-electron chi connectivity index (χ0n) is 12.6. The lowest BCUT2D eigenvalue weighted by molar-refractivity contribution is -0.365. The van der Waals surface area contributed by atoms with E-state index in [4.69, 9.17) is 9.47 Å². The zero-order chi connectivity index (χ0) is 15.4. The summed E-state index contributed by atoms with van der Waals surface area (Å²) in [5.41, 5.74) is 3.86. The van der Waals surface area contributed by atoms with Gasteiger partial charge in [-0.1, -0.05) is 0 Å². The summed E-state index contributed by atoms with van der Waals surface area (Å²) in [7, 11) is 3.35. The molecule has 0 saturated heterocycles. The molecule has 0 unspecified atom stereocenters. The van der Waals surface area contributed by atoms with Crippen molar-refractivity contribution in [3.05, 3.63) is 60.9 Å². The predicted octanol–water partition coefficient (Wildman–Crippen LogP) is 2.67. The highest BCUT2D eigenvalue weighted by atomic mass is 16.5. The standard InChI is InChI=1S/C18H16N2O2/c1-21-17-11-14(16-8-4-6-10-20-16)18(22-2)12-13(17)15-7-3-5-9-19-15/h3-12H,1-2H3/p+2. The van der Waals surface area contributed by atoms with E-state index in [9.17, 15) is 0 Å². The molecule has 1 aromatic carbocycles. The highest BCUT2D eigenvalue weighted by Gasteiger charge is 2.19. The van der Waals surface area contributed by atoms with Gasteiger partial charge in [0.1, 0.15) is 11.5 Å². The number of methoxy groups -OCH3 is 2. The van der Waals surface area contributed by atoms with Gasteiger partial charge in [0.25, 0.3) is 0 Å². The summed E-state index contributed by atoms with van der Waals surface area (Å²) in [6.07, 6.45) is 3.78. The van der Waals surface area contributed by atoms with Gasteiger partial charge in [-0.2, -0.15) is 0 Å². The van der Waals surface area contributed by atoms with Crippen LogP contribution in [0.1, 0.15) is 0 Å². The van der Waals surface area contributed by atoms with Gasteiger partial charge in [-0.3, -0.25) is 0 Å². The minimum atomic E-state index is 0.788. The Bertz CT molecular complexity index is 692. The Balaban J connectivity index is 2.19. The minimum absolute atomic E-state index is 0.788. The number of ether oxygens (including phenoxy) is 2. The Morgan fingerprint density at radius 3 is 1.45 bits per heavy atom. The molecule has 4 nitrogen and oxygen atoms in total. The lowest BCUT2D eigenvalue weighted by atomic mass is 10.0. The van der Waals surface area contributed by atoms with E-state index < -0.39 is 0 Å². The molecule has 2 N–H and O–H groups in total. The molecule has 0 radical (unpaired) electrons. The van der Waals surface area contributed by atoms with E-state index >= 15 is 0 Å². The van der Waals surface area contributed by atoms with E-state index in [1.807, 2.05) is 60.9 Å². The molecule has 110 valence electrons. The number of hydrogen-bond donors (Lipinski definition) is 0. The van der Waals surface area contributed by atoms with Gasteiger partial charge in [-0.25, -0.2) is 9.97 Å². The number of hydrogen-bond acceptors (Lipinski definition) is 2. The van der Waals surface area contributed by atoms with E-state index in [2.05, 4.69) is 9.97 Å². The van der Waals surface area contributed by atoms with Gasteiger partial charge in [-0.15, -0.1) is 0 Å². The van der Waals surface area contributed by atoms with Gasteiger partial charge in [0.2, 0.25) is 11.4 Å². The van der Waals surface area contributed by atoms with Crippen molar-refractivity contribution in [1.82, 2.24) is 0 Å². The van der Waals surface area contributed by atoms with Crippen LogP contribution >= 0.6 is 0 Å². The van der Waals surface area contributed by atoms with Crippen LogP contribution in [-0.4, -0.2) is 14.2 Å². The molecule has 0 aliphatic rings. The van der Waals surface area contributed by atoms with Crippen LogP contribution < -0.4 is 19.4 Å². The SMILES string of the molecule is COc1cc(-c2cccc[nH+]2)c(OC)cc1-c1cccc[nH+]1. The average molecular weight is 294 g/mol. The first-order chi connectivity index (χ1) is 10.8. The summed E-state index contributed by atoms with van der Waals surface area (Å²) in [5.74, 6) is 1.58. The second kappa shape index (κ2) is 6.26. The van der Waals surface area contributed by atoms with Crippen LogP contribution in [0, 0.1) is 0 Å². The number of aromatic nitrogens is 2. The van der Waals surface area contributed by atoms with E-state index in [1.54, 1.807) is 14.2 Å². The molecule has 0 aliphatic carbocycles. The van der Waals surface area contributed by atoms with Gasteiger partial charge >= 0.3 is 0 Å². The second-order valence-corrected chi connectivity index (χ2v) is 4.81. The molecular formula is C18H18N2O2+2. The molecule has 2 aromatic heterocycles. The Morgan fingerprint density at radius 1 is 0.682 bits per heavy atom. The average Bonchev–Trinajstić information content (AvgIpc) is 2.62. The van der Waals surface area contributed by atoms with Crippen LogP contribution in [0.3, 0.4) is 0 Å². The van der Waals surface area contributed by atoms with Crippen molar-refractivity contribution in [3.63, 3.8) is 0 Å². The Labute approximate surface area is 129 Å². The summed E-state index contributed by atoms with van der Waals surface area (Å²) in [4.78, 5) is 6.45. The fraction of sp³-hybridized carbons (Fsp3) is 0.111. The smallest absolute Gasteiger partial charge is 0.214 e. The van der Waals surface area contributed by atoms with Crippen LogP contribution in [0.5, 0.6) is 11.5 Å². The van der Waals surface area contributed by atoms with Crippen molar-refractivity contribution in [1.29, 1.82) is 0 Å². The fourth-order valence-electron chi connectivity index (χ4n) is 2.44. The molecule has 4 heteroatoms. The van der Waals surface area contributed by atoms with Crippen molar-refractivity contribution in [2.75, 3.05) is 14.2 Å². The van der Waals surface area contributed by atoms with Gasteiger partial charge in [0.15, 0.2) is 12.4 Å². The first kappa shape index (κ1) is 14.1. The van der Waals surface area contributed by atoms with Crippen molar-refractivity contribution >= 4 is 0 Å². The van der Waals surface area contributed by atoms with E-state index in [0.717, 1.165) is 34.0 Å². The molecule has 0 aliphatic heterocycles. The quantitative estimate of drug-likeness (QED) is 0.742. The maximum Gasteiger partial charge on any atom is 0.214 e. The maximum atomic E-state index is 5.57. The van der Waals surface area contributed by atoms with Crippen molar-refractivity contribution in [3.8, 4) is 34.0 Å². The number of rotatable bonds is 4. The van der Waals surface area contributed by atoms with Crippen LogP contribution in [0.25, 0.3) is 22.5 Å². The Hall–Kier alpha value is -2.88. The van der Waals surface area contributed by atoms with Crippen LogP contribution in [0.4, 0.5) is 0 Å². The van der Waals surface area contributed by atoms with Crippen LogP contribution in [0.2, 0.25) is 0 Å². The van der Waals surface area contributed by atoms with Crippen molar-refractivity contribution in [2.45, 2.75) is 0 Å². The van der Waals surface area contributed by atoms with Crippen molar-refractivity contribution in [2.24, 2.45) is 0 Å². The molecule has 0 saturated carbocycles. The third-order valence-corrected chi connectivity index (χ3v) is 3.52. The number of benzene rings is 1. The number of H-pyrrole nitrogens is 2. The number of nitrogens with one attached hydrogen (secondary N) is 2. The third kappa shape index (κ3) is 2.63. The molecule has 0 amide bonds. The van der Waals surface area contributed by atoms with E-state index in [1.165, 1.54) is 0 Å². The predicted molar refractivity (Wildman–Crippen MR) is 83.5 cm³/mol. The molecule has 3 rings (SSSR count). The first-order valence-corrected chi connectivity index (χ1v) is 7.03. The highest BCUT2D eigenvalue weighted by molar-refractivity contribution is 5.76. The summed E-state index contributed by atoms with van der Waals surface area (Å²) in [5, 5.41) is 0. The van der Waals surface area contributed by atoms with Gasteiger partial charge in [0, 0.05) is 24.3 Å².